The molecule has 5 rings (SSSR count). The van der Waals surface area contributed by atoms with Crippen LogP contribution in [0.1, 0.15) is 26.3 Å². The molecule has 0 saturated carbocycles. The van der Waals surface area contributed by atoms with Gasteiger partial charge in [-0.05, 0) is 70.6 Å². The van der Waals surface area contributed by atoms with Crippen molar-refractivity contribution in [1.29, 1.82) is 0 Å². The van der Waals surface area contributed by atoms with Crippen molar-refractivity contribution in [2.24, 2.45) is 0 Å². The number of carbonyl (C=O) groups excluding carboxylic acids is 2. The first kappa shape index (κ1) is 23.9. The summed E-state index contributed by atoms with van der Waals surface area (Å²) in [5.41, 5.74) is 2.37. The molecular weight excluding hydrogens is 464 g/mol. The first-order valence-electron chi connectivity index (χ1n) is 12.0. The van der Waals surface area contributed by atoms with Gasteiger partial charge in [-0.15, -0.1) is 0 Å². The SMILES string of the molecule is COc1ccc(CCNC(=O)c2ccc3cc(O)c(C(=O)Nc4cccc5ccccc45)cc3c2)cc1. The second-order valence-corrected chi connectivity index (χ2v) is 8.77. The van der Waals surface area contributed by atoms with Crippen LogP contribution in [0.3, 0.4) is 0 Å². The highest BCUT2D eigenvalue weighted by molar-refractivity contribution is 6.12. The van der Waals surface area contributed by atoms with Crippen LogP contribution in [0, 0.1) is 0 Å². The number of aromatic hydroxyl groups is 1. The van der Waals surface area contributed by atoms with Crippen molar-refractivity contribution < 1.29 is 19.4 Å². The molecule has 0 bridgehead atoms. The van der Waals surface area contributed by atoms with E-state index in [1.165, 1.54) is 0 Å². The maximum Gasteiger partial charge on any atom is 0.259 e. The summed E-state index contributed by atoms with van der Waals surface area (Å²) in [6.07, 6.45) is 0.690. The zero-order chi connectivity index (χ0) is 25.8. The molecule has 0 aromatic heterocycles. The molecule has 0 fully saturated rings. The summed E-state index contributed by atoms with van der Waals surface area (Å²) in [5, 5.41) is 19.7. The first-order chi connectivity index (χ1) is 18.0. The average molecular weight is 491 g/mol. The minimum Gasteiger partial charge on any atom is -0.507 e. The molecule has 6 nitrogen and oxygen atoms in total. The van der Waals surface area contributed by atoms with E-state index in [0.29, 0.717) is 29.6 Å². The van der Waals surface area contributed by atoms with E-state index >= 15 is 0 Å². The Balaban J connectivity index is 1.32. The van der Waals surface area contributed by atoms with E-state index in [9.17, 15) is 14.7 Å². The second kappa shape index (κ2) is 10.4. The Morgan fingerprint density at radius 2 is 1.57 bits per heavy atom. The van der Waals surface area contributed by atoms with Crippen LogP contribution in [0.2, 0.25) is 0 Å². The second-order valence-electron chi connectivity index (χ2n) is 8.77. The van der Waals surface area contributed by atoms with E-state index in [2.05, 4.69) is 10.6 Å². The van der Waals surface area contributed by atoms with E-state index < -0.39 is 5.91 Å². The highest BCUT2D eigenvalue weighted by Gasteiger charge is 2.15. The van der Waals surface area contributed by atoms with Gasteiger partial charge in [0.25, 0.3) is 11.8 Å². The number of rotatable bonds is 7. The van der Waals surface area contributed by atoms with Crippen LogP contribution < -0.4 is 15.4 Å². The summed E-state index contributed by atoms with van der Waals surface area (Å²) < 4.78 is 5.17. The highest BCUT2D eigenvalue weighted by Crippen LogP contribution is 2.29. The normalized spacial score (nSPS) is 10.8. The van der Waals surface area contributed by atoms with Gasteiger partial charge in [-0.2, -0.15) is 0 Å². The standard InChI is InChI=1S/C31H26N2O4/c1-37-25-13-9-20(10-14-25)15-16-32-30(35)23-12-11-22-19-29(34)27(18-24(22)17-23)31(36)33-28-8-4-6-21-5-2-3-7-26(21)28/h2-14,17-19,34H,15-16H2,1H3,(H,32,35)(H,33,36). The Morgan fingerprint density at radius 1 is 0.784 bits per heavy atom. The van der Waals surface area contributed by atoms with Gasteiger partial charge in [-0.3, -0.25) is 9.59 Å². The number of benzene rings is 5. The quantitative estimate of drug-likeness (QED) is 0.264. The predicted octanol–water partition coefficient (Wildman–Crippen LogP) is 5.93. The number of amides is 2. The van der Waals surface area contributed by atoms with Crippen LogP contribution in [-0.4, -0.2) is 30.6 Å². The molecule has 3 N–H and O–H groups in total. The Morgan fingerprint density at radius 3 is 2.38 bits per heavy atom. The zero-order valence-electron chi connectivity index (χ0n) is 20.3. The van der Waals surface area contributed by atoms with Crippen LogP contribution in [0.4, 0.5) is 5.69 Å². The molecule has 6 heteroatoms. The van der Waals surface area contributed by atoms with Gasteiger partial charge in [0.05, 0.1) is 12.7 Å². The van der Waals surface area contributed by atoms with Crippen LogP contribution in [0.25, 0.3) is 21.5 Å². The monoisotopic (exact) mass is 490 g/mol. The van der Waals surface area contributed by atoms with Crippen molar-refractivity contribution >= 4 is 39.0 Å². The predicted molar refractivity (Wildman–Crippen MR) is 147 cm³/mol. The van der Waals surface area contributed by atoms with Crippen molar-refractivity contribution in [3.05, 3.63) is 114 Å². The molecule has 184 valence electrons. The summed E-state index contributed by atoms with van der Waals surface area (Å²) in [5.74, 6) is 0.0393. The molecule has 0 saturated heterocycles. The summed E-state index contributed by atoms with van der Waals surface area (Å²) in [6, 6.07) is 29.5. The van der Waals surface area contributed by atoms with Gasteiger partial charge in [0, 0.05) is 23.2 Å². The van der Waals surface area contributed by atoms with Gasteiger partial charge in [0.15, 0.2) is 0 Å². The smallest absolute Gasteiger partial charge is 0.259 e. The number of phenols is 1. The van der Waals surface area contributed by atoms with Crippen LogP contribution >= 0.6 is 0 Å². The minimum atomic E-state index is -0.426. The third kappa shape index (κ3) is 5.23. The maximum atomic E-state index is 13.1. The average Bonchev–Trinajstić information content (AvgIpc) is 2.93. The van der Waals surface area contributed by atoms with Gasteiger partial charge < -0.3 is 20.5 Å². The molecule has 0 aliphatic carbocycles. The van der Waals surface area contributed by atoms with Gasteiger partial charge >= 0.3 is 0 Å². The van der Waals surface area contributed by atoms with E-state index in [4.69, 9.17) is 4.74 Å². The van der Waals surface area contributed by atoms with Gasteiger partial charge in [0.2, 0.25) is 0 Å². The fraction of sp³-hybridized carbons (Fsp3) is 0.0968. The number of carbonyl (C=O) groups is 2. The topological polar surface area (TPSA) is 87.7 Å². The molecule has 0 heterocycles. The molecule has 0 unspecified atom stereocenters. The molecule has 5 aromatic rings. The molecule has 0 aliphatic heterocycles. The molecular formula is C31H26N2O4. The number of hydrogen-bond acceptors (Lipinski definition) is 4. The molecule has 2 amide bonds. The molecule has 0 spiro atoms. The minimum absolute atomic E-state index is 0.123. The van der Waals surface area contributed by atoms with Crippen molar-refractivity contribution in [1.82, 2.24) is 5.32 Å². The van der Waals surface area contributed by atoms with Crippen molar-refractivity contribution in [2.75, 3.05) is 19.0 Å². The zero-order valence-corrected chi connectivity index (χ0v) is 20.3. The highest BCUT2D eigenvalue weighted by atomic mass is 16.5. The van der Waals surface area contributed by atoms with E-state index in [0.717, 1.165) is 27.5 Å². The lowest BCUT2D eigenvalue weighted by Crippen LogP contribution is -2.25. The van der Waals surface area contributed by atoms with E-state index in [1.54, 1.807) is 37.4 Å². The molecule has 5 aromatic carbocycles. The lowest BCUT2D eigenvalue weighted by Gasteiger charge is -2.11. The van der Waals surface area contributed by atoms with Crippen LogP contribution in [0.15, 0.2) is 97.1 Å². The summed E-state index contributed by atoms with van der Waals surface area (Å²) >= 11 is 0. The molecule has 0 aliphatic rings. The Kier molecular flexibility index (Phi) is 6.72. The first-order valence-corrected chi connectivity index (χ1v) is 12.0. The summed E-state index contributed by atoms with van der Waals surface area (Å²) in [7, 11) is 1.63. The van der Waals surface area contributed by atoms with E-state index in [-0.39, 0.29) is 17.2 Å². The Bertz CT molecular complexity index is 1600. The van der Waals surface area contributed by atoms with Gasteiger partial charge in [0.1, 0.15) is 11.5 Å². The number of nitrogens with one attached hydrogen (secondary N) is 2. The summed E-state index contributed by atoms with van der Waals surface area (Å²) in [6.45, 7) is 0.484. The third-order valence-corrected chi connectivity index (χ3v) is 6.36. The molecule has 0 atom stereocenters. The third-order valence-electron chi connectivity index (χ3n) is 6.36. The molecule has 0 radical (unpaired) electrons. The number of hydrogen-bond donors (Lipinski definition) is 3. The maximum absolute atomic E-state index is 13.1. The number of phenolic OH excluding ortho intramolecular Hbond substituents is 1. The van der Waals surface area contributed by atoms with Crippen molar-refractivity contribution in [2.45, 2.75) is 6.42 Å². The van der Waals surface area contributed by atoms with Gasteiger partial charge in [-0.1, -0.05) is 54.6 Å². The van der Waals surface area contributed by atoms with Gasteiger partial charge in [-0.25, -0.2) is 0 Å². The lowest BCUT2D eigenvalue weighted by atomic mass is 10.0. The number of anilines is 1. The number of ether oxygens (including phenoxy) is 1. The molecule has 37 heavy (non-hydrogen) atoms. The number of methoxy groups -OCH3 is 1. The fourth-order valence-electron chi connectivity index (χ4n) is 4.35. The number of fused-ring (bicyclic) bond motifs is 2. The lowest BCUT2D eigenvalue weighted by molar-refractivity contribution is 0.0953. The van der Waals surface area contributed by atoms with Crippen molar-refractivity contribution in [3.63, 3.8) is 0 Å². The fourth-order valence-corrected chi connectivity index (χ4v) is 4.35. The van der Waals surface area contributed by atoms with Crippen LogP contribution in [-0.2, 0) is 6.42 Å². The Hall–Kier alpha value is -4.84. The summed E-state index contributed by atoms with van der Waals surface area (Å²) in [4.78, 5) is 25.9. The van der Waals surface area contributed by atoms with Crippen molar-refractivity contribution in [3.8, 4) is 11.5 Å². The van der Waals surface area contributed by atoms with Crippen LogP contribution in [0.5, 0.6) is 11.5 Å². The Labute approximate surface area is 214 Å². The van der Waals surface area contributed by atoms with E-state index in [1.807, 2.05) is 66.7 Å². The largest absolute Gasteiger partial charge is 0.507 e.